The van der Waals surface area contributed by atoms with Crippen LogP contribution in [0.15, 0.2) is 17.4 Å². The fourth-order valence-corrected chi connectivity index (χ4v) is 2.89. The van der Waals surface area contributed by atoms with Crippen molar-refractivity contribution in [2.45, 2.75) is 52.5 Å². The molecule has 5 nitrogen and oxygen atoms in total. The molecule has 2 heterocycles. The van der Waals surface area contributed by atoms with E-state index in [1.54, 1.807) is 0 Å². The summed E-state index contributed by atoms with van der Waals surface area (Å²) in [5.74, 6) is 1.69. The molecule has 1 amide bonds. The zero-order chi connectivity index (χ0) is 16.7. The van der Waals surface area contributed by atoms with Gasteiger partial charge in [0.1, 0.15) is 5.82 Å². The summed E-state index contributed by atoms with van der Waals surface area (Å²) >= 11 is 0. The molecule has 0 spiro atoms. The molecule has 2 fully saturated rings. The Balaban J connectivity index is 0.00000116. The lowest BCUT2D eigenvalue weighted by Crippen LogP contribution is -2.44. The number of aliphatic hydroxyl groups excluding tert-OH is 1. The van der Waals surface area contributed by atoms with E-state index in [0.717, 1.165) is 64.0 Å². The standard InChI is InChI=1S/C16H27N3O.CH4O/c1-12(2)13(3)17-14(4)18-10-7-15(8-11-18)19-9-5-6-16(19)20;1-2/h12,15H,4-11H2,1-3H3;2H,1H3/b17-13+;. The molecule has 1 N–H and O–H groups in total. The van der Waals surface area contributed by atoms with Crippen LogP contribution >= 0.6 is 0 Å². The van der Waals surface area contributed by atoms with Crippen LogP contribution in [-0.4, -0.2) is 59.3 Å². The van der Waals surface area contributed by atoms with Crippen LogP contribution < -0.4 is 0 Å². The van der Waals surface area contributed by atoms with E-state index in [0.29, 0.717) is 17.9 Å². The Kier molecular flexibility index (Phi) is 7.59. The van der Waals surface area contributed by atoms with Crippen LogP contribution in [0.25, 0.3) is 0 Å². The average molecular weight is 309 g/mol. The predicted molar refractivity (Wildman–Crippen MR) is 90.8 cm³/mol. The Bertz CT molecular complexity index is 410. The van der Waals surface area contributed by atoms with Gasteiger partial charge >= 0.3 is 0 Å². The summed E-state index contributed by atoms with van der Waals surface area (Å²) in [6.07, 6.45) is 3.86. The Labute approximate surface area is 134 Å². The number of carbonyl (C=O) groups excluding carboxylic acids is 1. The number of amides is 1. The fraction of sp³-hybridized carbons (Fsp3) is 0.765. The summed E-state index contributed by atoms with van der Waals surface area (Å²) in [6, 6.07) is 0.434. The molecule has 2 saturated heterocycles. The predicted octanol–water partition coefficient (Wildman–Crippen LogP) is 2.27. The lowest BCUT2D eigenvalue weighted by Gasteiger charge is -2.37. The van der Waals surface area contributed by atoms with E-state index in [2.05, 4.69) is 42.1 Å². The molecule has 22 heavy (non-hydrogen) atoms. The molecule has 0 saturated carbocycles. The molecule has 5 heteroatoms. The maximum atomic E-state index is 11.8. The second kappa shape index (κ2) is 8.93. The van der Waals surface area contributed by atoms with Crippen LogP contribution in [0.4, 0.5) is 0 Å². The van der Waals surface area contributed by atoms with E-state index in [9.17, 15) is 4.79 Å². The third-order valence-corrected chi connectivity index (χ3v) is 4.52. The first-order valence-electron chi connectivity index (χ1n) is 8.22. The number of aliphatic hydroxyl groups is 1. The molecule has 0 aliphatic carbocycles. The summed E-state index contributed by atoms with van der Waals surface area (Å²) in [6.45, 7) is 13.3. The topological polar surface area (TPSA) is 56.1 Å². The molecule has 0 aromatic rings. The van der Waals surface area contributed by atoms with Crippen molar-refractivity contribution >= 4 is 11.6 Å². The molecule has 0 radical (unpaired) electrons. The van der Waals surface area contributed by atoms with Crippen LogP contribution in [0.1, 0.15) is 46.5 Å². The van der Waals surface area contributed by atoms with Crippen LogP contribution in [0.2, 0.25) is 0 Å². The molecule has 0 unspecified atom stereocenters. The van der Waals surface area contributed by atoms with Gasteiger partial charge in [-0.15, -0.1) is 0 Å². The van der Waals surface area contributed by atoms with Gasteiger partial charge in [-0.1, -0.05) is 20.4 Å². The summed E-state index contributed by atoms with van der Waals surface area (Å²) in [4.78, 5) is 20.7. The number of carbonyl (C=O) groups is 1. The SMILES string of the molecule is C=C(/N=C(\C)C(C)C)N1CCC(N2CCCC2=O)CC1.CO. The van der Waals surface area contributed by atoms with Crippen LogP contribution in [0, 0.1) is 5.92 Å². The van der Waals surface area contributed by atoms with Crippen LogP contribution in [-0.2, 0) is 4.79 Å². The molecule has 126 valence electrons. The molecular weight excluding hydrogens is 278 g/mol. The summed E-state index contributed by atoms with van der Waals surface area (Å²) < 4.78 is 0. The van der Waals surface area contributed by atoms with Crippen molar-refractivity contribution in [3.8, 4) is 0 Å². The zero-order valence-electron chi connectivity index (χ0n) is 14.5. The van der Waals surface area contributed by atoms with Gasteiger partial charge in [-0.2, -0.15) is 0 Å². The highest BCUT2D eigenvalue weighted by Gasteiger charge is 2.30. The van der Waals surface area contributed by atoms with Crippen molar-refractivity contribution in [2.24, 2.45) is 10.9 Å². The van der Waals surface area contributed by atoms with E-state index < -0.39 is 0 Å². The number of likely N-dealkylation sites (tertiary alicyclic amines) is 2. The number of nitrogens with zero attached hydrogens (tertiary/aromatic N) is 3. The van der Waals surface area contributed by atoms with E-state index in [-0.39, 0.29) is 0 Å². The Morgan fingerprint density at radius 2 is 1.86 bits per heavy atom. The molecule has 0 bridgehead atoms. The van der Waals surface area contributed by atoms with Crippen molar-refractivity contribution in [1.82, 2.24) is 9.80 Å². The highest BCUT2D eigenvalue weighted by atomic mass is 16.2. The second-order valence-corrected chi connectivity index (χ2v) is 6.23. The Morgan fingerprint density at radius 1 is 1.27 bits per heavy atom. The van der Waals surface area contributed by atoms with Crippen LogP contribution in [0.5, 0.6) is 0 Å². The van der Waals surface area contributed by atoms with E-state index in [4.69, 9.17) is 5.11 Å². The minimum Gasteiger partial charge on any atom is -0.400 e. The third kappa shape index (κ3) is 4.83. The van der Waals surface area contributed by atoms with Crippen molar-refractivity contribution in [3.63, 3.8) is 0 Å². The van der Waals surface area contributed by atoms with Gasteiger partial charge in [-0.3, -0.25) is 4.79 Å². The minimum atomic E-state index is 0.343. The van der Waals surface area contributed by atoms with E-state index in [1.807, 2.05) is 0 Å². The van der Waals surface area contributed by atoms with Crippen molar-refractivity contribution < 1.29 is 9.90 Å². The van der Waals surface area contributed by atoms with Crippen molar-refractivity contribution in [3.05, 3.63) is 12.4 Å². The minimum absolute atomic E-state index is 0.343. The highest BCUT2D eigenvalue weighted by Crippen LogP contribution is 2.24. The van der Waals surface area contributed by atoms with Crippen LogP contribution in [0.3, 0.4) is 0 Å². The number of hydrogen-bond donors (Lipinski definition) is 1. The fourth-order valence-electron chi connectivity index (χ4n) is 2.89. The summed E-state index contributed by atoms with van der Waals surface area (Å²) in [7, 11) is 1.00. The molecule has 2 rings (SSSR count). The number of rotatable bonds is 4. The first kappa shape index (κ1) is 18.7. The van der Waals surface area contributed by atoms with Gasteiger partial charge in [0, 0.05) is 44.9 Å². The third-order valence-electron chi connectivity index (χ3n) is 4.52. The first-order chi connectivity index (χ1) is 10.5. The molecule has 2 aliphatic heterocycles. The first-order valence-corrected chi connectivity index (χ1v) is 8.22. The molecular formula is C17H31N3O2. The lowest BCUT2D eigenvalue weighted by molar-refractivity contribution is -0.130. The Morgan fingerprint density at radius 3 is 2.32 bits per heavy atom. The van der Waals surface area contributed by atoms with Gasteiger partial charge in [0.05, 0.1) is 0 Å². The van der Waals surface area contributed by atoms with E-state index >= 15 is 0 Å². The number of hydrogen-bond acceptors (Lipinski definition) is 4. The summed E-state index contributed by atoms with van der Waals surface area (Å²) in [5.41, 5.74) is 1.13. The van der Waals surface area contributed by atoms with Gasteiger partial charge < -0.3 is 14.9 Å². The molecule has 0 aromatic carbocycles. The van der Waals surface area contributed by atoms with Gasteiger partial charge in [0.25, 0.3) is 0 Å². The monoisotopic (exact) mass is 309 g/mol. The van der Waals surface area contributed by atoms with Gasteiger partial charge in [-0.25, -0.2) is 4.99 Å². The van der Waals surface area contributed by atoms with Gasteiger partial charge in [-0.05, 0) is 32.1 Å². The smallest absolute Gasteiger partial charge is 0.222 e. The van der Waals surface area contributed by atoms with Gasteiger partial charge in [0.2, 0.25) is 5.91 Å². The average Bonchev–Trinajstić information content (AvgIpc) is 2.95. The van der Waals surface area contributed by atoms with Crippen molar-refractivity contribution in [2.75, 3.05) is 26.7 Å². The number of piperidine rings is 1. The van der Waals surface area contributed by atoms with E-state index in [1.165, 1.54) is 0 Å². The van der Waals surface area contributed by atoms with Gasteiger partial charge in [0.15, 0.2) is 0 Å². The molecule has 0 aromatic heterocycles. The summed E-state index contributed by atoms with van der Waals surface area (Å²) in [5, 5.41) is 7.00. The Hall–Kier alpha value is -1.36. The quantitative estimate of drug-likeness (QED) is 0.811. The normalized spacial score (nSPS) is 20.3. The number of aliphatic imine (C=N–C) groups is 1. The highest BCUT2D eigenvalue weighted by molar-refractivity contribution is 5.84. The maximum Gasteiger partial charge on any atom is 0.222 e. The molecule has 0 atom stereocenters. The molecule has 2 aliphatic rings. The van der Waals surface area contributed by atoms with Crippen molar-refractivity contribution in [1.29, 1.82) is 0 Å². The second-order valence-electron chi connectivity index (χ2n) is 6.23. The largest absolute Gasteiger partial charge is 0.400 e. The maximum absolute atomic E-state index is 11.8. The lowest BCUT2D eigenvalue weighted by atomic mass is 10.0. The zero-order valence-corrected chi connectivity index (χ0v) is 14.5.